The molecule has 0 saturated carbocycles. The van der Waals surface area contributed by atoms with Crippen molar-refractivity contribution in [3.8, 4) is 0 Å². The third-order valence-electron chi connectivity index (χ3n) is 3.40. The smallest absolute Gasteiger partial charge is 0.193 e. The molecule has 1 heterocycles. The second-order valence-electron chi connectivity index (χ2n) is 5.17. The van der Waals surface area contributed by atoms with E-state index in [0.717, 1.165) is 11.8 Å². The summed E-state index contributed by atoms with van der Waals surface area (Å²) in [6.45, 7) is 2.57. The third kappa shape index (κ3) is 5.37. The van der Waals surface area contributed by atoms with E-state index in [4.69, 9.17) is 4.74 Å². The number of nitrogens with one attached hydrogen (secondary N) is 1. The molecule has 0 aliphatic rings. The van der Waals surface area contributed by atoms with Crippen molar-refractivity contribution in [1.29, 1.82) is 0 Å². The highest BCUT2D eigenvalue weighted by molar-refractivity contribution is 5.79. The van der Waals surface area contributed by atoms with Crippen molar-refractivity contribution in [2.24, 2.45) is 12.0 Å². The van der Waals surface area contributed by atoms with E-state index >= 15 is 0 Å². The van der Waals surface area contributed by atoms with E-state index in [9.17, 15) is 0 Å². The van der Waals surface area contributed by atoms with Crippen LogP contribution in [0, 0.1) is 0 Å². The lowest BCUT2D eigenvalue weighted by molar-refractivity contribution is 0.125. The number of rotatable bonds is 7. The monoisotopic (exact) mass is 316 g/mol. The molecule has 23 heavy (non-hydrogen) atoms. The fourth-order valence-corrected chi connectivity index (χ4v) is 2.13. The molecule has 7 nitrogen and oxygen atoms in total. The van der Waals surface area contributed by atoms with Gasteiger partial charge in [-0.3, -0.25) is 9.67 Å². The van der Waals surface area contributed by atoms with E-state index in [2.05, 4.69) is 32.5 Å². The van der Waals surface area contributed by atoms with E-state index in [0.29, 0.717) is 26.3 Å². The predicted molar refractivity (Wildman–Crippen MR) is 89.9 cm³/mol. The van der Waals surface area contributed by atoms with Crippen LogP contribution in [0.3, 0.4) is 0 Å². The van der Waals surface area contributed by atoms with Gasteiger partial charge in [0, 0.05) is 27.7 Å². The number of nitrogens with zero attached hydrogens (tertiary/aromatic N) is 5. The SMILES string of the molecule is CN=C(NCCOCc1ccccc1)N(C)Cc1ncnn1C. The number of aryl methyl sites for hydroxylation is 1. The van der Waals surface area contributed by atoms with Crippen molar-refractivity contribution in [3.63, 3.8) is 0 Å². The van der Waals surface area contributed by atoms with E-state index in [1.807, 2.05) is 37.2 Å². The van der Waals surface area contributed by atoms with Gasteiger partial charge < -0.3 is 15.0 Å². The van der Waals surface area contributed by atoms with Crippen LogP contribution in [-0.2, 0) is 24.9 Å². The van der Waals surface area contributed by atoms with Crippen LogP contribution < -0.4 is 5.32 Å². The average molecular weight is 316 g/mol. The van der Waals surface area contributed by atoms with Gasteiger partial charge in [0.1, 0.15) is 12.2 Å². The van der Waals surface area contributed by atoms with Crippen molar-refractivity contribution in [2.45, 2.75) is 13.2 Å². The van der Waals surface area contributed by atoms with Crippen molar-refractivity contribution in [3.05, 3.63) is 48.0 Å². The summed E-state index contributed by atoms with van der Waals surface area (Å²) < 4.78 is 7.41. The van der Waals surface area contributed by atoms with Crippen LogP contribution in [-0.4, -0.2) is 52.9 Å². The molecule has 2 aromatic rings. The number of benzene rings is 1. The molecule has 1 N–H and O–H groups in total. The van der Waals surface area contributed by atoms with Gasteiger partial charge in [0.25, 0.3) is 0 Å². The van der Waals surface area contributed by atoms with Crippen molar-refractivity contribution < 1.29 is 4.74 Å². The Hall–Kier alpha value is -2.41. The summed E-state index contributed by atoms with van der Waals surface area (Å²) in [4.78, 5) is 10.5. The van der Waals surface area contributed by atoms with Crippen LogP contribution in [0.4, 0.5) is 0 Å². The molecule has 0 unspecified atom stereocenters. The van der Waals surface area contributed by atoms with Gasteiger partial charge >= 0.3 is 0 Å². The molecule has 1 aromatic heterocycles. The van der Waals surface area contributed by atoms with E-state index < -0.39 is 0 Å². The molecule has 0 aliphatic carbocycles. The number of hydrogen-bond acceptors (Lipinski definition) is 4. The van der Waals surface area contributed by atoms with Crippen LogP contribution in [0.5, 0.6) is 0 Å². The number of aliphatic imine (C=N–C) groups is 1. The number of ether oxygens (including phenoxy) is 1. The first kappa shape index (κ1) is 17.0. The van der Waals surface area contributed by atoms with Gasteiger partial charge in [0.05, 0.1) is 19.8 Å². The van der Waals surface area contributed by atoms with Gasteiger partial charge in [-0.2, -0.15) is 5.10 Å². The Morgan fingerprint density at radius 1 is 1.35 bits per heavy atom. The molecule has 0 radical (unpaired) electrons. The summed E-state index contributed by atoms with van der Waals surface area (Å²) in [5, 5.41) is 7.35. The molecule has 0 fully saturated rings. The number of aromatic nitrogens is 3. The normalized spacial score (nSPS) is 11.5. The Bertz CT molecular complexity index is 610. The van der Waals surface area contributed by atoms with E-state index in [-0.39, 0.29) is 0 Å². The fraction of sp³-hybridized carbons (Fsp3) is 0.438. The standard InChI is InChI=1S/C16H24N6O/c1-17-16(21(2)11-15-19-13-20-22(15)3)18-9-10-23-12-14-7-5-4-6-8-14/h4-8,13H,9-12H2,1-3H3,(H,17,18). The molecular weight excluding hydrogens is 292 g/mol. The number of guanidine groups is 1. The van der Waals surface area contributed by atoms with Gasteiger partial charge in [0.2, 0.25) is 0 Å². The fourth-order valence-electron chi connectivity index (χ4n) is 2.13. The molecular formula is C16H24N6O. The van der Waals surface area contributed by atoms with Crippen LogP contribution >= 0.6 is 0 Å². The second kappa shape index (κ2) is 8.89. The molecule has 0 spiro atoms. The summed E-state index contributed by atoms with van der Waals surface area (Å²) in [6, 6.07) is 10.1. The minimum absolute atomic E-state index is 0.617. The molecule has 124 valence electrons. The zero-order chi connectivity index (χ0) is 16.5. The third-order valence-corrected chi connectivity index (χ3v) is 3.40. The maximum Gasteiger partial charge on any atom is 0.193 e. The van der Waals surface area contributed by atoms with Crippen molar-refractivity contribution in [2.75, 3.05) is 27.2 Å². The van der Waals surface area contributed by atoms with Gasteiger partial charge in [0.15, 0.2) is 5.96 Å². The molecule has 0 amide bonds. The zero-order valence-corrected chi connectivity index (χ0v) is 13.9. The summed E-state index contributed by atoms with van der Waals surface area (Å²) in [7, 11) is 5.61. The van der Waals surface area contributed by atoms with Gasteiger partial charge in [-0.05, 0) is 5.56 Å². The van der Waals surface area contributed by atoms with Crippen LogP contribution in [0.1, 0.15) is 11.4 Å². The first-order valence-corrected chi connectivity index (χ1v) is 7.57. The molecule has 2 rings (SSSR count). The lowest BCUT2D eigenvalue weighted by Gasteiger charge is -2.21. The average Bonchev–Trinajstić information content (AvgIpc) is 2.96. The van der Waals surface area contributed by atoms with Crippen LogP contribution in [0.15, 0.2) is 41.7 Å². The quantitative estimate of drug-likeness (QED) is 0.470. The van der Waals surface area contributed by atoms with Crippen molar-refractivity contribution in [1.82, 2.24) is 25.0 Å². The topological polar surface area (TPSA) is 67.6 Å². The molecule has 0 aliphatic heterocycles. The minimum atomic E-state index is 0.617. The Morgan fingerprint density at radius 2 is 2.13 bits per heavy atom. The molecule has 7 heteroatoms. The Balaban J connectivity index is 1.69. The Kier molecular flexibility index (Phi) is 6.56. The van der Waals surface area contributed by atoms with E-state index in [1.165, 1.54) is 5.56 Å². The maximum absolute atomic E-state index is 5.66. The van der Waals surface area contributed by atoms with Gasteiger partial charge in [-0.1, -0.05) is 30.3 Å². The lowest BCUT2D eigenvalue weighted by Crippen LogP contribution is -2.40. The second-order valence-corrected chi connectivity index (χ2v) is 5.17. The lowest BCUT2D eigenvalue weighted by atomic mass is 10.2. The Morgan fingerprint density at radius 3 is 2.78 bits per heavy atom. The Labute approximate surface area is 137 Å². The van der Waals surface area contributed by atoms with E-state index in [1.54, 1.807) is 18.1 Å². The van der Waals surface area contributed by atoms with Gasteiger partial charge in [-0.15, -0.1) is 0 Å². The minimum Gasteiger partial charge on any atom is -0.375 e. The van der Waals surface area contributed by atoms with Crippen LogP contribution in [0.2, 0.25) is 0 Å². The summed E-state index contributed by atoms with van der Waals surface area (Å²) in [5.41, 5.74) is 1.18. The maximum atomic E-state index is 5.66. The summed E-state index contributed by atoms with van der Waals surface area (Å²) >= 11 is 0. The summed E-state index contributed by atoms with van der Waals surface area (Å²) in [6.07, 6.45) is 1.55. The van der Waals surface area contributed by atoms with Crippen molar-refractivity contribution >= 4 is 5.96 Å². The largest absolute Gasteiger partial charge is 0.375 e. The highest BCUT2D eigenvalue weighted by Gasteiger charge is 2.09. The zero-order valence-electron chi connectivity index (χ0n) is 13.9. The molecule has 0 bridgehead atoms. The highest BCUT2D eigenvalue weighted by Crippen LogP contribution is 2.00. The molecule has 1 aromatic carbocycles. The molecule has 0 atom stereocenters. The predicted octanol–water partition coefficient (Wildman–Crippen LogP) is 1.04. The van der Waals surface area contributed by atoms with Crippen LogP contribution in [0.25, 0.3) is 0 Å². The molecule has 0 saturated heterocycles. The first-order chi connectivity index (χ1) is 11.2. The summed E-state index contributed by atoms with van der Waals surface area (Å²) in [5.74, 6) is 1.69. The number of hydrogen-bond donors (Lipinski definition) is 1. The highest BCUT2D eigenvalue weighted by atomic mass is 16.5. The van der Waals surface area contributed by atoms with Gasteiger partial charge in [-0.25, -0.2) is 4.98 Å². The first-order valence-electron chi connectivity index (χ1n) is 7.57.